The smallest absolute Gasteiger partial charge is 0.417 e. The highest BCUT2D eigenvalue weighted by molar-refractivity contribution is 6.48. The largest absolute Gasteiger partial charge is 0.462 e. The lowest BCUT2D eigenvalue weighted by Gasteiger charge is -2.13. The zero-order valence-corrected chi connectivity index (χ0v) is 17.2. The number of allylic oxidation sites excluding steroid dienone is 1. The number of alkyl halides is 3. The number of carbonyl (C=O) groups is 1. The molecule has 0 fully saturated rings. The van der Waals surface area contributed by atoms with Gasteiger partial charge in [-0.15, -0.1) is 0 Å². The predicted molar refractivity (Wildman–Crippen MR) is 106 cm³/mol. The molecule has 0 bridgehead atoms. The summed E-state index contributed by atoms with van der Waals surface area (Å²) < 4.78 is 44.7. The molecule has 0 aromatic heterocycles. The van der Waals surface area contributed by atoms with Crippen molar-refractivity contribution < 1.29 is 22.7 Å². The lowest BCUT2D eigenvalue weighted by Crippen LogP contribution is -2.15. The monoisotopic (exact) mass is 450 g/mol. The van der Waals surface area contributed by atoms with Crippen molar-refractivity contribution in [1.29, 1.82) is 0 Å². The van der Waals surface area contributed by atoms with E-state index in [9.17, 15) is 18.0 Å². The molecule has 150 valence electrons. The highest BCUT2D eigenvalue weighted by Crippen LogP contribution is 2.35. The van der Waals surface area contributed by atoms with E-state index in [0.29, 0.717) is 15.6 Å². The van der Waals surface area contributed by atoms with Gasteiger partial charge in [0, 0.05) is 0 Å². The Hall–Kier alpha value is -1.69. The Morgan fingerprint density at radius 3 is 2.29 bits per heavy atom. The standard InChI is InChI=1S/C20H16Cl3F3O2/c1-3-28-19(27)14-7-6-12(8-15(14)20(24,25)26)5-4-11(2)13-9-16(21)18(23)17(22)10-13/h4-11H,3H2,1-2H3/b5-4+. The zero-order chi connectivity index (χ0) is 21.1. The van der Waals surface area contributed by atoms with Crippen LogP contribution in [0.4, 0.5) is 13.2 Å². The molecule has 0 spiro atoms. The first-order valence-corrected chi connectivity index (χ1v) is 9.39. The Labute approximate surface area is 175 Å². The number of halogens is 6. The first-order valence-electron chi connectivity index (χ1n) is 8.25. The SMILES string of the molecule is CCOC(=O)c1ccc(/C=C/C(C)c2cc(Cl)c(Cl)c(Cl)c2)cc1C(F)(F)F. The number of esters is 1. The average Bonchev–Trinajstić information content (AvgIpc) is 2.63. The number of rotatable bonds is 5. The van der Waals surface area contributed by atoms with E-state index in [4.69, 9.17) is 39.5 Å². The molecule has 0 radical (unpaired) electrons. The van der Waals surface area contributed by atoms with Crippen LogP contribution in [0.2, 0.25) is 15.1 Å². The number of hydrogen-bond donors (Lipinski definition) is 0. The fourth-order valence-corrected chi connectivity index (χ4v) is 3.10. The van der Waals surface area contributed by atoms with Gasteiger partial charge in [0.2, 0.25) is 0 Å². The van der Waals surface area contributed by atoms with E-state index in [-0.39, 0.29) is 17.5 Å². The van der Waals surface area contributed by atoms with Crippen molar-refractivity contribution in [3.63, 3.8) is 0 Å². The minimum atomic E-state index is -4.69. The van der Waals surface area contributed by atoms with Crippen molar-refractivity contribution >= 4 is 46.8 Å². The molecule has 2 nitrogen and oxygen atoms in total. The highest BCUT2D eigenvalue weighted by Gasteiger charge is 2.35. The molecule has 1 unspecified atom stereocenters. The minimum absolute atomic E-state index is 0.0124. The van der Waals surface area contributed by atoms with Crippen LogP contribution in [0.3, 0.4) is 0 Å². The molecule has 0 amide bonds. The van der Waals surface area contributed by atoms with Gasteiger partial charge in [-0.25, -0.2) is 4.79 Å². The van der Waals surface area contributed by atoms with Gasteiger partial charge in [-0.1, -0.05) is 59.9 Å². The second kappa shape index (κ2) is 9.21. The Morgan fingerprint density at radius 1 is 1.14 bits per heavy atom. The third-order valence-electron chi connectivity index (χ3n) is 3.95. The fraction of sp³-hybridized carbons (Fsp3) is 0.250. The maximum Gasteiger partial charge on any atom is 0.417 e. The molecular formula is C20H16Cl3F3O2. The van der Waals surface area contributed by atoms with Gasteiger partial charge in [0.05, 0.1) is 32.8 Å². The molecule has 1 atom stereocenters. The number of hydrogen-bond acceptors (Lipinski definition) is 2. The maximum absolute atomic E-state index is 13.3. The fourth-order valence-electron chi connectivity index (χ4n) is 2.49. The summed E-state index contributed by atoms with van der Waals surface area (Å²) >= 11 is 18.0. The van der Waals surface area contributed by atoms with Crippen LogP contribution < -0.4 is 0 Å². The molecule has 8 heteroatoms. The lowest BCUT2D eigenvalue weighted by molar-refractivity contribution is -0.138. The molecule has 0 aliphatic heterocycles. The second-order valence-corrected chi connectivity index (χ2v) is 7.16. The molecule has 0 aliphatic rings. The van der Waals surface area contributed by atoms with Crippen LogP contribution in [-0.2, 0) is 10.9 Å². The Morgan fingerprint density at radius 2 is 1.75 bits per heavy atom. The average molecular weight is 452 g/mol. The molecule has 0 N–H and O–H groups in total. The minimum Gasteiger partial charge on any atom is -0.462 e. The molecule has 2 rings (SSSR count). The van der Waals surface area contributed by atoms with Crippen LogP contribution in [0, 0.1) is 0 Å². The molecule has 0 saturated carbocycles. The first-order chi connectivity index (χ1) is 13.0. The summed E-state index contributed by atoms with van der Waals surface area (Å²) in [6, 6.07) is 6.75. The summed E-state index contributed by atoms with van der Waals surface area (Å²) in [7, 11) is 0. The Balaban J connectivity index is 2.34. The van der Waals surface area contributed by atoms with Gasteiger partial charge in [-0.2, -0.15) is 13.2 Å². The molecule has 2 aromatic carbocycles. The lowest BCUT2D eigenvalue weighted by atomic mass is 9.98. The highest BCUT2D eigenvalue weighted by atomic mass is 35.5. The summed E-state index contributed by atoms with van der Waals surface area (Å²) in [6.07, 6.45) is -1.45. The van der Waals surface area contributed by atoms with Crippen molar-refractivity contribution in [2.45, 2.75) is 25.9 Å². The van der Waals surface area contributed by atoms with E-state index >= 15 is 0 Å². The van der Waals surface area contributed by atoms with Gasteiger partial charge >= 0.3 is 12.1 Å². The first kappa shape index (κ1) is 22.6. The van der Waals surface area contributed by atoms with Crippen LogP contribution in [0.15, 0.2) is 36.4 Å². The van der Waals surface area contributed by atoms with Crippen molar-refractivity contribution in [2.24, 2.45) is 0 Å². The van der Waals surface area contributed by atoms with Crippen LogP contribution in [0.1, 0.15) is 46.8 Å². The van der Waals surface area contributed by atoms with E-state index in [1.54, 1.807) is 18.2 Å². The van der Waals surface area contributed by atoms with E-state index in [1.165, 1.54) is 19.1 Å². The quantitative estimate of drug-likeness (QED) is 0.344. The summed E-state index contributed by atoms with van der Waals surface area (Å²) in [4.78, 5) is 11.8. The summed E-state index contributed by atoms with van der Waals surface area (Å²) in [5, 5.41) is 0.831. The van der Waals surface area contributed by atoms with E-state index in [2.05, 4.69) is 0 Å². The van der Waals surface area contributed by atoms with Gasteiger partial charge in [-0.3, -0.25) is 0 Å². The maximum atomic E-state index is 13.3. The third kappa shape index (κ3) is 5.43. The number of ether oxygens (including phenoxy) is 1. The Kier molecular flexibility index (Phi) is 7.43. The van der Waals surface area contributed by atoms with Gasteiger partial charge in [0.15, 0.2) is 0 Å². The van der Waals surface area contributed by atoms with Crippen LogP contribution in [0.5, 0.6) is 0 Å². The van der Waals surface area contributed by atoms with Crippen LogP contribution in [0.25, 0.3) is 6.08 Å². The second-order valence-electron chi connectivity index (χ2n) is 5.97. The molecular weight excluding hydrogens is 436 g/mol. The molecule has 28 heavy (non-hydrogen) atoms. The molecule has 0 aliphatic carbocycles. The molecule has 0 heterocycles. The molecule has 2 aromatic rings. The summed E-state index contributed by atoms with van der Waals surface area (Å²) in [5.41, 5.74) is -0.512. The van der Waals surface area contributed by atoms with Crippen molar-refractivity contribution in [2.75, 3.05) is 6.61 Å². The van der Waals surface area contributed by atoms with Crippen molar-refractivity contribution in [1.82, 2.24) is 0 Å². The van der Waals surface area contributed by atoms with Crippen molar-refractivity contribution in [3.05, 3.63) is 73.7 Å². The van der Waals surface area contributed by atoms with Crippen LogP contribution >= 0.6 is 34.8 Å². The Bertz CT molecular complexity index is 885. The topological polar surface area (TPSA) is 26.3 Å². The van der Waals surface area contributed by atoms with E-state index in [1.807, 2.05) is 6.92 Å². The normalized spacial score (nSPS) is 13.0. The van der Waals surface area contributed by atoms with E-state index < -0.39 is 23.3 Å². The predicted octanol–water partition coefficient (Wildman–Crippen LogP) is 7.66. The van der Waals surface area contributed by atoms with Gasteiger partial charge < -0.3 is 4.74 Å². The van der Waals surface area contributed by atoms with Gasteiger partial charge in [0.25, 0.3) is 0 Å². The van der Waals surface area contributed by atoms with Gasteiger partial charge in [0.1, 0.15) is 0 Å². The van der Waals surface area contributed by atoms with Gasteiger partial charge in [-0.05, 0) is 48.2 Å². The molecule has 0 saturated heterocycles. The van der Waals surface area contributed by atoms with Crippen molar-refractivity contribution in [3.8, 4) is 0 Å². The van der Waals surface area contributed by atoms with Crippen LogP contribution in [-0.4, -0.2) is 12.6 Å². The number of benzene rings is 2. The zero-order valence-electron chi connectivity index (χ0n) is 14.9. The summed E-state index contributed by atoms with van der Waals surface area (Å²) in [5.74, 6) is -1.20. The van der Waals surface area contributed by atoms with E-state index in [0.717, 1.165) is 17.7 Å². The summed E-state index contributed by atoms with van der Waals surface area (Å²) in [6.45, 7) is 3.35. The number of carbonyl (C=O) groups excluding carboxylic acids is 1. The third-order valence-corrected chi connectivity index (χ3v) is 5.15.